The third kappa shape index (κ3) is 4.10. The van der Waals surface area contributed by atoms with Crippen LogP contribution in [0.15, 0.2) is 47.9 Å². The average molecular weight is 467 g/mol. The Morgan fingerprint density at radius 2 is 2.03 bits per heavy atom. The minimum absolute atomic E-state index is 0.0108. The first-order valence-corrected chi connectivity index (χ1v) is 11.3. The molecule has 0 atom stereocenters. The molecule has 0 unspecified atom stereocenters. The molecule has 3 aromatic rings. The topological polar surface area (TPSA) is 71.7 Å². The minimum atomic E-state index is -4.53. The third-order valence-electron chi connectivity index (χ3n) is 6.51. The number of nitrogens with zero attached hydrogens (tertiary/aromatic N) is 4. The maximum Gasteiger partial charge on any atom is 0.433 e. The number of aromatic nitrogens is 3. The summed E-state index contributed by atoms with van der Waals surface area (Å²) >= 11 is 0. The maximum absolute atomic E-state index is 13.4. The summed E-state index contributed by atoms with van der Waals surface area (Å²) in [6, 6.07) is 5.50. The van der Waals surface area contributed by atoms with Crippen molar-refractivity contribution in [1.82, 2.24) is 14.4 Å². The molecule has 0 bridgehead atoms. The van der Waals surface area contributed by atoms with Gasteiger partial charge in [-0.25, -0.2) is 9.97 Å². The molecule has 176 valence electrons. The molecule has 1 N–H and O–H groups in total. The first-order chi connectivity index (χ1) is 16.2. The zero-order chi connectivity index (χ0) is 24.0. The van der Waals surface area contributed by atoms with E-state index in [1.807, 2.05) is 25.1 Å². The Morgan fingerprint density at radius 3 is 2.74 bits per heavy atom. The first kappa shape index (κ1) is 22.3. The number of hydrogen-bond donors (Lipinski definition) is 1. The van der Waals surface area contributed by atoms with Crippen molar-refractivity contribution in [1.29, 1.82) is 0 Å². The van der Waals surface area contributed by atoms with Crippen molar-refractivity contribution in [2.45, 2.75) is 39.3 Å². The van der Waals surface area contributed by atoms with Gasteiger partial charge in [-0.2, -0.15) is 13.2 Å². The number of rotatable bonds is 6. The monoisotopic (exact) mass is 467 g/mol. The summed E-state index contributed by atoms with van der Waals surface area (Å²) in [5.74, 6) is 1.75. The van der Waals surface area contributed by atoms with Gasteiger partial charge in [0.25, 0.3) is 0 Å². The zero-order valence-corrected chi connectivity index (χ0v) is 18.9. The summed E-state index contributed by atoms with van der Waals surface area (Å²) in [5.41, 5.74) is 2.10. The van der Waals surface area contributed by atoms with Gasteiger partial charge in [0.05, 0.1) is 18.4 Å². The van der Waals surface area contributed by atoms with Gasteiger partial charge in [0.15, 0.2) is 17.2 Å². The van der Waals surface area contributed by atoms with Crippen molar-refractivity contribution in [3.63, 3.8) is 0 Å². The Morgan fingerprint density at radius 1 is 1.24 bits per heavy atom. The van der Waals surface area contributed by atoms with E-state index in [4.69, 9.17) is 0 Å². The number of carbonyl (C=O) groups excluding carboxylic acids is 1. The summed E-state index contributed by atoms with van der Waals surface area (Å²) in [7, 11) is 0. The second-order valence-corrected chi connectivity index (χ2v) is 9.14. The summed E-state index contributed by atoms with van der Waals surface area (Å²) in [6.07, 6.45) is 4.19. The van der Waals surface area contributed by atoms with Crippen molar-refractivity contribution < 1.29 is 18.0 Å². The molecule has 0 saturated heterocycles. The number of nitrogens with one attached hydrogen (secondary N) is 1. The second kappa shape index (κ2) is 8.38. The molecule has 9 heteroatoms. The number of fused-ring (bicyclic) bond motifs is 1. The summed E-state index contributed by atoms with van der Waals surface area (Å²) in [6.45, 7) is 4.09. The number of alkyl halides is 3. The van der Waals surface area contributed by atoms with Gasteiger partial charge < -0.3 is 5.32 Å². The molecule has 6 nitrogen and oxygen atoms in total. The molecule has 1 aromatic carbocycles. The van der Waals surface area contributed by atoms with Crippen LogP contribution < -0.4 is 5.32 Å². The van der Waals surface area contributed by atoms with E-state index in [0.29, 0.717) is 46.7 Å². The Labute approximate surface area is 194 Å². The van der Waals surface area contributed by atoms with E-state index in [-0.39, 0.29) is 17.9 Å². The highest BCUT2D eigenvalue weighted by Crippen LogP contribution is 2.37. The Hall–Kier alpha value is -3.49. The molecular formula is C25H24F3N5O. The molecule has 0 radical (unpaired) electrons. The molecule has 1 fully saturated rings. The van der Waals surface area contributed by atoms with Gasteiger partial charge in [-0.1, -0.05) is 13.0 Å². The molecule has 0 spiro atoms. The minimum Gasteiger partial charge on any atom is -0.337 e. The highest BCUT2D eigenvalue weighted by atomic mass is 19.4. The lowest BCUT2D eigenvalue weighted by atomic mass is 9.73. The van der Waals surface area contributed by atoms with Crippen LogP contribution in [-0.2, 0) is 0 Å². The van der Waals surface area contributed by atoms with Crippen LogP contribution in [0.1, 0.15) is 47.8 Å². The fraction of sp³-hybridized carbons (Fsp3) is 0.360. The number of hydrogen-bond acceptors (Lipinski definition) is 5. The first-order valence-electron chi connectivity index (χ1n) is 11.3. The number of aryl methyl sites for hydroxylation is 1. The van der Waals surface area contributed by atoms with Gasteiger partial charge in [-0.15, -0.1) is 0 Å². The number of Topliss-reactive ketones (excluding diaryl/α,β-unsaturated/α-hetero) is 1. The van der Waals surface area contributed by atoms with Crippen LogP contribution in [0.4, 0.5) is 24.7 Å². The highest BCUT2D eigenvalue weighted by molar-refractivity contribution is 6.27. The largest absolute Gasteiger partial charge is 0.433 e. The van der Waals surface area contributed by atoms with Crippen molar-refractivity contribution in [3.05, 3.63) is 59.7 Å². The lowest BCUT2D eigenvalue weighted by molar-refractivity contribution is -0.0571. The van der Waals surface area contributed by atoms with E-state index in [0.717, 1.165) is 18.4 Å². The van der Waals surface area contributed by atoms with Crippen molar-refractivity contribution in [2.24, 2.45) is 16.8 Å². The quantitative estimate of drug-likeness (QED) is 0.465. The van der Waals surface area contributed by atoms with E-state index in [1.165, 1.54) is 18.5 Å². The second-order valence-electron chi connectivity index (χ2n) is 9.14. The zero-order valence-electron chi connectivity index (χ0n) is 18.9. The summed E-state index contributed by atoms with van der Waals surface area (Å²) in [4.78, 5) is 25.0. The van der Waals surface area contributed by atoms with Crippen LogP contribution in [0, 0.1) is 18.8 Å². The molecule has 3 heterocycles. The predicted molar refractivity (Wildman–Crippen MR) is 125 cm³/mol. The molecule has 1 saturated carbocycles. The highest BCUT2D eigenvalue weighted by Gasteiger charge is 2.40. The van der Waals surface area contributed by atoms with E-state index < -0.39 is 11.9 Å². The summed E-state index contributed by atoms with van der Waals surface area (Å²) in [5, 5.41) is 3.19. The number of imidazole rings is 1. The van der Waals surface area contributed by atoms with E-state index in [2.05, 4.69) is 27.2 Å². The van der Waals surface area contributed by atoms with E-state index in [9.17, 15) is 18.0 Å². The number of allylic oxidation sites excluding steroid dienone is 1. The number of benzene rings is 1. The lowest BCUT2D eigenvalue weighted by Gasteiger charge is -2.32. The van der Waals surface area contributed by atoms with Gasteiger partial charge >= 0.3 is 6.18 Å². The number of aliphatic imine (C=N–C) groups is 1. The Balaban J connectivity index is 1.38. The number of carbonyl (C=O) groups is 1. The molecule has 1 aliphatic heterocycles. The van der Waals surface area contributed by atoms with Gasteiger partial charge in [0, 0.05) is 35.6 Å². The van der Waals surface area contributed by atoms with Crippen molar-refractivity contribution >= 4 is 34.2 Å². The predicted octanol–water partition coefficient (Wildman–Crippen LogP) is 5.80. The van der Waals surface area contributed by atoms with Crippen molar-refractivity contribution in [3.8, 4) is 0 Å². The van der Waals surface area contributed by atoms with E-state index in [1.54, 1.807) is 10.6 Å². The normalized spacial score (nSPS) is 20.1. The molecule has 0 amide bonds. The van der Waals surface area contributed by atoms with Crippen LogP contribution in [0.25, 0.3) is 11.2 Å². The molecule has 2 aromatic heterocycles. The van der Waals surface area contributed by atoms with E-state index >= 15 is 0 Å². The van der Waals surface area contributed by atoms with Crippen LogP contribution >= 0.6 is 0 Å². The van der Waals surface area contributed by atoms with Crippen LogP contribution in [0.5, 0.6) is 0 Å². The SMILES string of the molecule is Cc1cc(Nc2nccn3c(C4=CCN=C4C(F)(F)F)cnc23)ccc1C(=O)CC1CC(C)C1. The van der Waals surface area contributed by atoms with Crippen LogP contribution in [0.3, 0.4) is 0 Å². The fourth-order valence-electron chi connectivity index (χ4n) is 4.88. The summed E-state index contributed by atoms with van der Waals surface area (Å²) < 4.78 is 41.6. The lowest BCUT2D eigenvalue weighted by Crippen LogP contribution is -2.23. The molecule has 34 heavy (non-hydrogen) atoms. The fourth-order valence-corrected chi connectivity index (χ4v) is 4.88. The molecule has 2 aliphatic rings. The molecular weight excluding hydrogens is 443 g/mol. The van der Waals surface area contributed by atoms with Crippen molar-refractivity contribution in [2.75, 3.05) is 11.9 Å². The van der Waals surface area contributed by atoms with Crippen LogP contribution in [0.2, 0.25) is 0 Å². The van der Waals surface area contributed by atoms with Gasteiger partial charge in [-0.3, -0.25) is 14.2 Å². The number of anilines is 2. The molecule has 1 aliphatic carbocycles. The van der Waals surface area contributed by atoms with Gasteiger partial charge in [0.2, 0.25) is 0 Å². The average Bonchev–Trinajstić information content (AvgIpc) is 3.40. The smallest absolute Gasteiger partial charge is 0.337 e. The van der Waals surface area contributed by atoms with Gasteiger partial charge in [-0.05, 0) is 55.4 Å². The molecule has 5 rings (SSSR count). The van der Waals surface area contributed by atoms with Gasteiger partial charge in [0.1, 0.15) is 5.71 Å². The standard InChI is InChI=1S/C25H24F3N5O/c1-14-9-16(10-14)12-21(34)18-4-3-17(11-15(18)2)32-23-24-31-13-20(33(24)8-7-30-23)19-5-6-29-22(19)25(26,27)28/h3-5,7-8,11,13-14,16H,6,9-10,12H2,1-2H3,(H,30,32). The third-order valence-corrected chi connectivity index (χ3v) is 6.51. The van der Waals surface area contributed by atoms with Crippen LogP contribution in [-0.4, -0.2) is 38.6 Å². The number of halogens is 3. The maximum atomic E-state index is 13.4. The Bertz CT molecular complexity index is 1330. The Kier molecular flexibility index (Phi) is 5.50. The number of ketones is 1.